The van der Waals surface area contributed by atoms with E-state index in [0.29, 0.717) is 11.5 Å². The van der Waals surface area contributed by atoms with Gasteiger partial charge in [-0.25, -0.2) is 4.79 Å². The van der Waals surface area contributed by atoms with Gasteiger partial charge in [-0.1, -0.05) is 13.8 Å². The van der Waals surface area contributed by atoms with Gasteiger partial charge in [0, 0.05) is 11.5 Å². The predicted molar refractivity (Wildman–Crippen MR) is 70.7 cm³/mol. The number of carbonyl (C=O) groups is 1. The summed E-state index contributed by atoms with van der Waals surface area (Å²) in [5.41, 5.74) is 0.593. The first-order valence-corrected chi connectivity index (χ1v) is 8.46. The van der Waals surface area contributed by atoms with Crippen LogP contribution in [0.4, 0.5) is 0 Å². The van der Waals surface area contributed by atoms with Crippen molar-refractivity contribution in [2.24, 2.45) is 16.7 Å². The molecule has 100 valence electrons. The van der Waals surface area contributed by atoms with E-state index >= 15 is 0 Å². The van der Waals surface area contributed by atoms with E-state index < -0.39 is 10.6 Å². The Balaban J connectivity index is 1.77. The molecule has 4 aliphatic rings. The highest BCUT2D eigenvalue weighted by Gasteiger charge is 2.71. The van der Waals surface area contributed by atoms with Gasteiger partial charge in [-0.05, 0) is 37.5 Å². The van der Waals surface area contributed by atoms with Crippen molar-refractivity contribution in [1.82, 2.24) is 0 Å². The molecular weight excluding hydrogens is 248 g/mol. The van der Waals surface area contributed by atoms with Gasteiger partial charge >= 0.3 is 5.97 Å². The molecule has 2 aliphatic carbocycles. The van der Waals surface area contributed by atoms with Gasteiger partial charge in [0.05, 0.1) is 16.8 Å². The van der Waals surface area contributed by atoms with Gasteiger partial charge in [-0.2, -0.15) is 0 Å². The zero-order valence-electron chi connectivity index (χ0n) is 11.2. The highest BCUT2D eigenvalue weighted by molar-refractivity contribution is 8.29. The van der Waals surface area contributed by atoms with E-state index in [1.165, 1.54) is 12.8 Å². The summed E-state index contributed by atoms with van der Waals surface area (Å²) in [5, 5.41) is 0. The van der Waals surface area contributed by atoms with Crippen LogP contribution in [0.5, 0.6) is 0 Å². The second-order valence-corrected chi connectivity index (χ2v) is 9.37. The summed E-state index contributed by atoms with van der Waals surface area (Å²) in [6.45, 7) is 6.78. The van der Waals surface area contributed by atoms with Gasteiger partial charge < -0.3 is 4.18 Å². The van der Waals surface area contributed by atoms with E-state index in [1.54, 1.807) is 6.08 Å². The van der Waals surface area contributed by atoms with Gasteiger partial charge in [-0.3, -0.25) is 4.18 Å². The zero-order chi connectivity index (χ0) is 12.8. The molecule has 0 aromatic rings. The van der Waals surface area contributed by atoms with Gasteiger partial charge in [0.1, 0.15) is 0 Å². The molecule has 3 nitrogen and oxygen atoms in total. The Hall–Kier alpha value is -0.480. The average Bonchev–Trinajstić information content (AvgIpc) is 2.88. The maximum atomic E-state index is 11.5. The minimum Gasteiger partial charge on any atom is -0.345 e. The summed E-state index contributed by atoms with van der Waals surface area (Å²) in [5.74, 6) is 1.54. The van der Waals surface area contributed by atoms with Crippen LogP contribution in [-0.4, -0.2) is 17.8 Å². The quantitative estimate of drug-likeness (QED) is 0.676. The Morgan fingerprint density at radius 3 is 2.78 bits per heavy atom. The second kappa shape index (κ2) is 2.98. The van der Waals surface area contributed by atoms with E-state index in [0.717, 1.165) is 23.0 Å². The first kappa shape index (κ1) is 11.4. The number of allylic oxidation sites excluding steroid dienone is 1. The third kappa shape index (κ3) is 1.02. The largest absolute Gasteiger partial charge is 0.354 e. The Bertz CT molecular complexity index is 483. The molecule has 0 radical (unpaired) electrons. The summed E-state index contributed by atoms with van der Waals surface area (Å²) in [6.07, 6.45) is 5.67. The molecule has 0 aromatic carbocycles. The summed E-state index contributed by atoms with van der Waals surface area (Å²) in [6, 6.07) is 0. The molecule has 2 bridgehead atoms. The standard InChI is InChI=1S/C14H20O3S/c1-9-6-12(15)17-18(9)8-14-5-4-10(13(14,2)3)7-11(14)16-18/h6,10-11H,4-5,7-8H2,1-3H3/t10-,11-,14-/m1/s1. The lowest BCUT2D eigenvalue weighted by Crippen LogP contribution is -2.37. The molecule has 4 rings (SSSR count). The van der Waals surface area contributed by atoms with Crippen molar-refractivity contribution in [2.45, 2.75) is 46.1 Å². The lowest BCUT2D eigenvalue weighted by atomic mass is 9.70. The van der Waals surface area contributed by atoms with Crippen LogP contribution in [0.3, 0.4) is 0 Å². The summed E-state index contributed by atoms with van der Waals surface area (Å²) in [7, 11) is -1.72. The van der Waals surface area contributed by atoms with Crippen molar-refractivity contribution in [3.05, 3.63) is 11.0 Å². The van der Waals surface area contributed by atoms with Crippen LogP contribution in [0.15, 0.2) is 11.0 Å². The molecule has 0 amide bonds. The predicted octanol–water partition coefficient (Wildman–Crippen LogP) is 3.31. The van der Waals surface area contributed by atoms with Crippen molar-refractivity contribution in [3.8, 4) is 0 Å². The summed E-state index contributed by atoms with van der Waals surface area (Å²) in [4.78, 5) is 12.6. The smallest absolute Gasteiger partial charge is 0.345 e. The molecule has 1 saturated heterocycles. The number of carbonyl (C=O) groups excluding carboxylic acids is 1. The fourth-order valence-electron chi connectivity index (χ4n) is 4.75. The van der Waals surface area contributed by atoms with Crippen LogP contribution in [0.2, 0.25) is 0 Å². The van der Waals surface area contributed by atoms with Crippen molar-refractivity contribution in [1.29, 1.82) is 0 Å². The molecule has 2 aliphatic heterocycles. The summed E-state index contributed by atoms with van der Waals surface area (Å²) < 4.78 is 12.0. The van der Waals surface area contributed by atoms with Gasteiger partial charge in [0.2, 0.25) is 0 Å². The third-order valence-corrected chi connectivity index (χ3v) is 9.08. The normalized spacial score (nSPS) is 55.3. The molecule has 2 spiro atoms. The van der Waals surface area contributed by atoms with E-state index in [9.17, 15) is 4.79 Å². The number of hydrogen-bond acceptors (Lipinski definition) is 3. The third-order valence-electron chi connectivity index (χ3n) is 6.11. The van der Waals surface area contributed by atoms with Crippen molar-refractivity contribution in [3.63, 3.8) is 0 Å². The SMILES string of the molecule is CC1=CC(=O)OS12C[C@]13CC[C@H](C[C@H]1O2)C3(C)C. The molecule has 3 fully saturated rings. The number of hydrogen-bond donors (Lipinski definition) is 0. The highest BCUT2D eigenvalue weighted by atomic mass is 32.3. The Morgan fingerprint density at radius 2 is 2.22 bits per heavy atom. The summed E-state index contributed by atoms with van der Waals surface area (Å²) >= 11 is 0. The van der Waals surface area contributed by atoms with Gasteiger partial charge in [-0.15, -0.1) is 10.6 Å². The topological polar surface area (TPSA) is 35.5 Å². The minimum atomic E-state index is -1.72. The van der Waals surface area contributed by atoms with E-state index in [4.69, 9.17) is 8.37 Å². The fourth-order valence-corrected chi connectivity index (χ4v) is 8.04. The lowest BCUT2D eigenvalue weighted by Gasteiger charge is -2.40. The van der Waals surface area contributed by atoms with Crippen LogP contribution in [0.25, 0.3) is 0 Å². The highest BCUT2D eigenvalue weighted by Crippen LogP contribution is 2.80. The van der Waals surface area contributed by atoms with E-state index in [-0.39, 0.29) is 11.4 Å². The maximum Gasteiger partial charge on any atom is 0.354 e. The first-order chi connectivity index (χ1) is 8.40. The molecule has 1 unspecified atom stereocenters. The molecule has 4 atom stereocenters. The van der Waals surface area contributed by atoms with Crippen molar-refractivity contribution >= 4 is 16.6 Å². The second-order valence-electron chi connectivity index (χ2n) is 6.85. The zero-order valence-corrected chi connectivity index (χ0v) is 12.0. The molecule has 2 heterocycles. The Labute approximate surface area is 110 Å². The molecule has 0 aromatic heterocycles. The Morgan fingerprint density at radius 1 is 1.44 bits per heavy atom. The molecule has 0 N–H and O–H groups in total. The van der Waals surface area contributed by atoms with Crippen LogP contribution >= 0.6 is 10.6 Å². The maximum absolute atomic E-state index is 11.5. The molecular formula is C14H20O3S. The van der Waals surface area contributed by atoms with Gasteiger partial charge in [0.25, 0.3) is 0 Å². The molecule has 4 heteroatoms. The Kier molecular flexibility index (Phi) is 1.88. The molecule has 2 saturated carbocycles. The average molecular weight is 268 g/mol. The van der Waals surface area contributed by atoms with E-state index in [2.05, 4.69) is 13.8 Å². The van der Waals surface area contributed by atoms with Crippen LogP contribution < -0.4 is 0 Å². The molecule has 18 heavy (non-hydrogen) atoms. The van der Waals surface area contributed by atoms with Crippen molar-refractivity contribution < 1.29 is 13.2 Å². The minimum absolute atomic E-state index is 0.203. The first-order valence-electron chi connectivity index (χ1n) is 6.81. The van der Waals surface area contributed by atoms with Crippen LogP contribution in [0.1, 0.15) is 40.0 Å². The number of rotatable bonds is 0. The lowest BCUT2D eigenvalue weighted by molar-refractivity contribution is -0.128. The monoisotopic (exact) mass is 268 g/mol. The van der Waals surface area contributed by atoms with Crippen LogP contribution in [-0.2, 0) is 13.2 Å². The van der Waals surface area contributed by atoms with Crippen LogP contribution in [0, 0.1) is 16.7 Å². The van der Waals surface area contributed by atoms with Gasteiger partial charge in [0.15, 0.2) is 0 Å². The number of fused-ring (bicyclic) bond motifs is 1. The van der Waals surface area contributed by atoms with E-state index in [1.807, 2.05) is 6.92 Å². The van der Waals surface area contributed by atoms with Crippen molar-refractivity contribution in [2.75, 3.05) is 5.75 Å². The fraction of sp³-hybridized carbons (Fsp3) is 0.786.